The molecule has 0 saturated carbocycles. The van der Waals surface area contributed by atoms with Crippen molar-refractivity contribution in [1.29, 1.82) is 0 Å². The number of rotatable bonds is 7. The van der Waals surface area contributed by atoms with Gasteiger partial charge in [-0.3, -0.25) is 9.59 Å². The molecule has 0 bridgehead atoms. The second-order valence-electron chi connectivity index (χ2n) is 5.56. The number of benzene rings is 1. The third-order valence-corrected chi connectivity index (χ3v) is 5.62. The Morgan fingerprint density at radius 3 is 2.81 bits per heavy atom. The number of thiophene rings is 1. The number of amides is 2. The lowest BCUT2D eigenvalue weighted by atomic mass is 10.3. The number of nitrogens with zero attached hydrogens (tertiary/aromatic N) is 2. The number of aromatic nitrogens is 1. The molecule has 0 aliphatic rings. The van der Waals surface area contributed by atoms with Crippen LogP contribution in [0.15, 0.2) is 47.9 Å². The Kier molecular flexibility index (Phi) is 6.14. The monoisotopic (exact) mass is 385 g/mol. The number of likely N-dealkylation sites (N-methyl/N-ethyl adjacent to an activating group) is 1. The van der Waals surface area contributed by atoms with Crippen molar-refractivity contribution in [3.63, 3.8) is 0 Å². The van der Waals surface area contributed by atoms with E-state index in [-0.39, 0.29) is 18.4 Å². The minimum absolute atomic E-state index is 0.0465. The first-order valence-corrected chi connectivity index (χ1v) is 9.97. The van der Waals surface area contributed by atoms with Crippen molar-refractivity contribution < 1.29 is 9.59 Å². The summed E-state index contributed by atoms with van der Waals surface area (Å²) in [6.07, 6.45) is 3.19. The van der Waals surface area contributed by atoms with Gasteiger partial charge in [-0.05, 0) is 36.6 Å². The van der Waals surface area contributed by atoms with Crippen molar-refractivity contribution in [2.45, 2.75) is 13.5 Å². The van der Waals surface area contributed by atoms with Crippen molar-refractivity contribution in [2.24, 2.45) is 0 Å². The first-order valence-electron chi connectivity index (χ1n) is 8.27. The van der Waals surface area contributed by atoms with E-state index in [2.05, 4.69) is 10.3 Å². The number of carbonyl (C=O) groups is 2. The molecule has 26 heavy (non-hydrogen) atoms. The Hall–Kier alpha value is -2.51. The number of fused-ring (bicyclic) bond motifs is 1. The fourth-order valence-corrected chi connectivity index (χ4v) is 3.90. The van der Waals surface area contributed by atoms with Crippen LogP contribution in [0.1, 0.15) is 16.8 Å². The molecule has 0 aliphatic carbocycles. The number of thiazole rings is 1. The first-order chi connectivity index (χ1) is 12.7. The van der Waals surface area contributed by atoms with Gasteiger partial charge < -0.3 is 10.2 Å². The summed E-state index contributed by atoms with van der Waals surface area (Å²) in [7, 11) is 0. The fourth-order valence-electron chi connectivity index (χ4n) is 2.38. The SMILES string of the molecule is CCN(CC(=O)NCc1cccs1)C(=O)/C=C/c1nc2ccccc2s1. The zero-order valence-electron chi connectivity index (χ0n) is 14.3. The highest BCUT2D eigenvalue weighted by Crippen LogP contribution is 2.22. The van der Waals surface area contributed by atoms with Gasteiger partial charge in [-0.2, -0.15) is 0 Å². The Labute approximate surface area is 160 Å². The van der Waals surface area contributed by atoms with Gasteiger partial charge in [-0.25, -0.2) is 4.98 Å². The lowest BCUT2D eigenvalue weighted by Crippen LogP contribution is -2.39. The molecule has 134 valence electrons. The normalized spacial score (nSPS) is 11.1. The van der Waals surface area contributed by atoms with Gasteiger partial charge in [-0.1, -0.05) is 18.2 Å². The van der Waals surface area contributed by atoms with E-state index in [4.69, 9.17) is 0 Å². The van der Waals surface area contributed by atoms with E-state index < -0.39 is 0 Å². The van der Waals surface area contributed by atoms with Gasteiger partial charge in [0, 0.05) is 17.5 Å². The zero-order valence-corrected chi connectivity index (χ0v) is 16.0. The van der Waals surface area contributed by atoms with Crippen LogP contribution in [0, 0.1) is 0 Å². The van der Waals surface area contributed by atoms with Gasteiger partial charge in [0.05, 0.1) is 23.3 Å². The summed E-state index contributed by atoms with van der Waals surface area (Å²) in [6.45, 7) is 2.86. The van der Waals surface area contributed by atoms with Crippen LogP contribution in [-0.4, -0.2) is 34.8 Å². The molecule has 5 nitrogen and oxygen atoms in total. The third kappa shape index (κ3) is 4.77. The van der Waals surface area contributed by atoms with E-state index in [9.17, 15) is 9.59 Å². The van der Waals surface area contributed by atoms with E-state index in [0.29, 0.717) is 13.1 Å². The van der Waals surface area contributed by atoms with Crippen molar-refractivity contribution >= 4 is 50.8 Å². The number of para-hydroxylation sites is 1. The highest BCUT2D eigenvalue weighted by Gasteiger charge is 2.13. The van der Waals surface area contributed by atoms with E-state index in [1.54, 1.807) is 17.4 Å². The van der Waals surface area contributed by atoms with E-state index >= 15 is 0 Å². The van der Waals surface area contributed by atoms with Crippen LogP contribution in [0.4, 0.5) is 0 Å². The number of nitrogens with one attached hydrogen (secondary N) is 1. The van der Waals surface area contributed by atoms with Gasteiger partial charge in [0.25, 0.3) is 0 Å². The molecule has 0 spiro atoms. The summed E-state index contributed by atoms with van der Waals surface area (Å²) < 4.78 is 1.08. The maximum atomic E-state index is 12.4. The van der Waals surface area contributed by atoms with E-state index in [1.165, 1.54) is 22.3 Å². The second kappa shape index (κ2) is 8.73. The van der Waals surface area contributed by atoms with Crippen molar-refractivity contribution in [3.05, 3.63) is 57.7 Å². The molecule has 0 atom stereocenters. The largest absolute Gasteiger partial charge is 0.350 e. The molecule has 2 heterocycles. The number of hydrogen-bond donors (Lipinski definition) is 1. The molecule has 3 aromatic rings. The molecule has 0 saturated heterocycles. The van der Waals surface area contributed by atoms with Crippen LogP contribution in [0.25, 0.3) is 16.3 Å². The van der Waals surface area contributed by atoms with Crippen LogP contribution in [0.3, 0.4) is 0 Å². The highest BCUT2D eigenvalue weighted by molar-refractivity contribution is 7.19. The lowest BCUT2D eigenvalue weighted by molar-refractivity contribution is -0.132. The Bertz CT molecular complexity index is 883. The molecule has 0 radical (unpaired) electrons. The van der Waals surface area contributed by atoms with Crippen molar-refractivity contribution in [3.8, 4) is 0 Å². The molecule has 0 aliphatic heterocycles. The molecule has 2 amide bonds. The third-order valence-electron chi connectivity index (χ3n) is 3.75. The molecule has 7 heteroatoms. The summed E-state index contributed by atoms with van der Waals surface area (Å²) in [5, 5.41) is 5.58. The van der Waals surface area contributed by atoms with Crippen molar-refractivity contribution in [1.82, 2.24) is 15.2 Å². The zero-order chi connectivity index (χ0) is 18.4. The minimum atomic E-state index is -0.196. The van der Waals surface area contributed by atoms with Crippen molar-refractivity contribution in [2.75, 3.05) is 13.1 Å². The molecule has 0 unspecified atom stereocenters. The predicted octanol–water partition coefficient (Wildman–Crippen LogP) is 3.54. The average Bonchev–Trinajstić information content (AvgIpc) is 3.31. The predicted molar refractivity (Wildman–Crippen MR) is 107 cm³/mol. The minimum Gasteiger partial charge on any atom is -0.350 e. The number of hydrogen-bond acceptors (Lipinski definition) is 5. The topological polar surface area (TPSA) is 62.3 Å². The van der Waals surface area contributed by atoms with E-state index in [1.807, 2.05) is 48.7 Å². The average molecular weight is 386 g/mol. The Morgan fingerprint density at radius 1 is 1.23 bits per heavy atom. The summed E-state index contributed by atoms with van der Waals surface area (Å²) in [6, 6.07) is 11.8. The van der Waals surface area contributed by atoms with Gasteiger partial charge in [0.1, 0.15) is 5.01 Å². The van der Waals surface area contributed by atoms with Crippen LogP contribution in [0.2, 0.25) is 0 Å². The quantitative estimate of drug-likeness (QED) is 0.633. The second-order valence-corrected chi connectivity index (χ2v) is 7.66. The summed E-state index contributed by atoms with van der Waals surface area (Å²) in [4.78, 5) is 31.5. The maximum Gasteiger partial charge on any atom is 0.247 e. The van der Waals surface area contributed by atoms with Crippen LogP contribution in [0.5, 0.6) is 0 Å². The molecular weight excluding hydrogens is 366 g/mol. The summed E-state index contributed by atoms with van der Waals surface area (Å²) >= 11 is 3.12. The summed E-state index contributed by atoms with van der Waals surface area (Å²) in [5.41, 5.74) is 0.921. The molecule has 3 rings (SSSR count). The summed E-state index contributed by atoms with van der Waals surface area (Å²) in [5.74, 6) is -0.361. The molecule has 1 N–H and O–H groups in total. The fraction of sp³-hybridized carbons (Fsp3) is 0.211. The molecule has 2 aromatic heterocycles. The van der Waals surface area contributed by atoms with Crippen LogP contribution < -0.4 is 5.32 Å². The van der Waals surface area contributed by atoms with Crippen LogP contribution >= 0.6 is 22.7 Å². The molecule has 0 fully saturated rings. The number of carbonyl (C=O) groups excluding carboxylic acids is 2. The highest BCUT2D eigenvalue weighted by atomic mass is 32.1. The van der Waals surface area contributed by atoms with Gasteiger partial charge in [-0.15, -0.1) is 22.7 Å². The van der Waals surface area contributed by atoms with Gasteiger partial charge in [0.2, 0.25) is 11.8 Å². The lowest BCUT2D eigenvalue weighted by Gasteiger charge is -2.18. The molecular formula is C19H19N3O2S2. The van der Waals surface area contributed by atoms with Gasteiger partial charge in [0.15, 0.2) is 0 Å². The van der Waals surface area contributed by atoms with Crippen LogP contribution in [-0.2, 0) is 16.1 Å². The van der Waals surface area contributed by atoms with E-state index in [0.717, 1.165) is 20.1 Å². The first kappa shape index (κ1) is 18.3. The Morgan fingerprint density at radius 2 is 2.08 bits per heavy atom. The smallest absolute Gasteiger partial charge is 0.247 e. The van der Waals surface area contributed by atoms with Gasteiger partial charge >= 0.3 is 0 Å². The Balaban J connectivity index is 1.56. The standard InChI is InChI=1S/C19H19N3O2S2/c1-2-22(13-17(23)20-12-14-6-5-11-25-14)19(24)10-9-18-21-15-7-3-4-8-16(15)26-18/h3-11H,2,12-13H2,1H3,(H,20,23)/b10-9+. The molecule has 1 aromatic carbocycles. The maximum absolute atomic E-state index is 12.4.